The molecule has 0 fully saturated rings. The molecular weight excluding hydrogens is 850 g/mol. The lowest BCUT2D eigenvalue weighted by Gasteiger charge is -2.12. The molecular formula is C28H28FN9O15S4. The van der Waals surface area contributed by atoms with Crippen molar-refractivity contribution in [2.24, 2.45) is 15.3 Å². The molecule has 3 aromatic carbocycles. The fraction of sp³-hybridized carbons (Fsp3) is 0.179. The van der Waals surface area contributed by atoms with Crippen molar-refractivity contribution in [3.05, 3.63) is 77.9 Å². The fourth-order valence-electron chi connectivity index (χ4n) is 4.23. The van der Waals surface area contributed by atoms with Crippen molar-refractivity contribution < 1.29 is 72.6 Å². The number of aromatic hydroxyl groups is 1. The van der Waals surface area contributed by atoms with Crippen molar-refractivity contribution >= 4 is 83.2 Å². The first-order valence-electron chi connectivity index (χ1n) is 15.3. The largest absolute Gasteiger partial charge is 0.504 e. The summed E-state index contributed by atoms with van der Waals surface area (Å²) in [5.41, 5.74) is 1.33. The third kappa shape index (κ3) is 14.2. The van der Waals surface area contributed by atoms with Gasteiger partial charge in [-0.3, -0.25) is 14.5 Å². The van der Waals surface area contributed by atoms with Crippen LogP contribution in [0.15, 0.2) is 85.8 Å². The molecule has 29 heteroatoms. The van der Waals surface area contributed by atoms with E-state index in [4.69, 9.17) is 9.81 Å². The zero-order valence-electron chi connectivity index (χ0n) is 28.3. The van der Waals surface area contributed by atoms with Crippen LogP contribution in [0.1, 0.15) is 22.3 Å². The van der Waals surface area contributed by atoms with Crippen LogP contribution in [0.4, 0.5) is 33.3 Å². The number of benzene rings is 3. The van der Waals surface area contributed by atoms with Crippen LogP contribution in [-0.4, -0.2) is 101 Å². The molecule has 57 heavy (non-hydrogen) atoms. The van der Waals surface area contributed by atoms with Crippen molar-refractivity contribution in [2.75, 3.05) is 40.7 Å². The Morgan fingerprint density at radius 1 is 0.912 bits per heavy atom. The average Bonchev–Trinajstić information content (AvgIpc) is 3.13. The first-order chi connectivity index (χ1) is 26.8. The van der Waals surface area contributed by atoms with E-state index in [1.807, 2.05) is 0 Å². The predicted molar refractivity (Wildman–Crippen MR) is 195 cm³/mol. The normalized spacial score (nSPS) is 12.5. The Balaban J connectivity index is 1.61. The van der Waals surface area contributed by atoms with Gasteiger partial charge in [-0.15, -0.1) is 14.6 Å². The Kier molecular flexibility index (Phi) is 15.2. The third-order valence-corrected chi connectivity index (χ3v) is 10.3. The number of rotatable bonds is 20. The zero-order chi connectivity index (χ0) is 41.8. The quantitative estimate of drug-likeness (QED) is 0.00725. The van der Waals surface area contributed by atoms with Crippen LogP contribution >= 0.6 is 12.0 Å². The molecule has 0 radical (unpaired) electrons. The van der Waals surface area contributed by atoms with Crippen LogP contribution in [0.25, 0.3) is 0 Å². The minimum Gasteiger partial charge on any atom is -0.504 e. The molecule has 1 aromatic heterocycles. The molecule has 0 saturated carbocycles. The first-order valence-corrected chi connectivity index (χ1v) is 20.6. The van der Waals surface area contributed by atoms with E-state index in [-0.39, 0.29) is 40.5 Å². The van der Waals surface area contributed by atoms with E-state index in [1.165, 1.54) is 30.3 Å². The van der Waals surface area contributed by atoms with Gasteiger partial charge in [-0.05, 0) is 36.8 Å². The summed E-state index contributed by atoms with van der Waals surface area (Å²) >= 11 is 0.530. The van der Waals surface area contributed by atoms with Gasteiger partial charge in [0.2, 0.25) is 17.7 Å². The summed E-state index contributed by atoms with van der Waals surface area (Å²) in [5.74, 6) is -4.70. The Bertz CT molecular complexity index is 2480. The average molecular weight is 878 g/mol. The van der Waals surface area contributed by atoms with Crippen LogP contribution in [-0.2, 0) is 43.9 Å². The molecule has 0 aliphatic carbocycles. The second kappa shape index (κ2) is 19.6. The van der Waals surface area contributed by atoms with Gasteiger partial charge in [0.05, 0.1) is 52.0 Å². The van der Waals surface area contributed by atoms with E-state index < -0.39 is 94.4 Å². The Morgan fingerprint density at radius 3 is 2.30 bits per heavy atom. The van der Waals surface area contributed by atoms with Gasteiger partial charge in [0.25, 0.3) is 10.1 Å². The molecule has 0 unspecified atom stereocenters. The van der Waals surface area contributed by atoms with Crippen LogP contribution in [0.3, 0.4) is 0 Å². The molecule has 0 atom stereocenters. The maximum absolute atomic E-state index is 14.4. The first kappa shape index (κ1) is 44.2. The van der Waals surface area contributed by atoms with Crippen molar-refractivity contribution in [1.29, 1.82) is 0 Å². The maximum Gasteiger partial charge on any atom is 0.397 e. The number of nitrogens with zero attached hydrogens (tertiary/aromatic N) is 6. The highest BCUT2D eigenvalue weighted by Gasteiger charge is 2.20. The SMILES string of the molecule is O=C(O)c1ccc(SOOO)cc1N/N=C(\N=Nc1cc(S(=O)(=O)O)cc(Nc2nc(F)nc(NCCCS(=O)(=O)CCOS(=O)(=O)O)n2)c1O)c1ccccc1. The molecule has 306 valence electrons. The van der Waals surface area contributed by atoms with Gasteiger partial charge in [-0.2, -0.15) is 41.3 Å². The smallest absolute Gasteiger partial charge is 0.397 e. The number of halogens is 1. The molecule has 0 aliphatic rings. The number of amidine groups is 1. The summed E-state index contributed by atoms with van der Waals surface area (Å²) in [6, 6.07) is 13.2. The van der Waals surface area contributed by atoms with Gasteiger partial charge in [-0.1, -0.05) is 35.4 Å². The Morgan fingerprint density at radius 2 is 1.63 bits per heavy atom. The molecule has 0 bridgehead atoms. The molecule has 1 heterocycles. The molecule has 4 aromatic rings. The van der Waals surface area contributed by atoms with Crippen molar-refractivity contribution in [1.82, 2.24) is 15.0 Å². The second-order valence-corrected chi connectivity index (χ2v) is 16.3. The van der Waals surface area contributed by atoms with Crippen molar-refractivity contribution in [3.8, 4) is 5.75 Å². The standard InChI is InChI=1S/C28H28FN9O15S4/c29-26-32-27(30-9-4-11-55(43,44)12-10-51-57(48,49)50)34-28(33-26)31-21-14-18(56(45,46)47)15-22(23(21)39)36-38-24(16-5-2-1-3-6-16)37-35-20-13-17(54-53-52-42)7-8-19(20)25(40)41/h1-3,5-8,13-15,35,39,42H,4,9-12H2,(H,40,41)(H,45,46,47)(H,48,49,50)(H2,30,31,32,33,34)/b37-24-,38-36?. The van der Waals surface area contributed by atoms with E-state index in [1.54, 1.807) is 18.2 Å². The lowest BCUT2D eigenvalue weighted by Crippen LogP contribution is -2.19. The second-order valence-electron chi connectivity index (χ2n) is 10.7. The minimum absolute atomic E-state index is 0.0901. The lowest BCUT2D eigenvalue weighted by atomic mass is 10.2. The highest BCUT2D eigenvalue weighted by Crippen LogP contribution is 2.39. The number of phenols is 1. The summed E-state index contributed by atoms with van der Waals surface area (Å²) < 4.78 is 111. The van der Waals surface area contributed by atoms with Crippen LogP contribution < -0.4 is 16.1 Å². The van der Waals surface area contributed by atoms with E-state index in [2.05, 4.69) is 59.9 Å². The van der Waals surface area contributed by atoms with Gasteiger partial charge < -0.3 is 20.8 Å². The van der Waals surface area contributed by atoms with Gasteiger partial charge in [0, 0.05) is 17.0 Å². The molecule has 0 amide bonds. The molecule has 0 spiro atoms. The number of hydrazone groups is 1. The zero-order valence-corrected chi connectivity index (χ0v) is 31.6. The van der Waals surface area contributed by atoms with Crippen molar-refractivity contribution in [3.63, 3.8) is 0 Å². The number of aromatic nitrogens is 3. The fourth-order valence-corrected chi connectivity index (χ4v) is 6.69. The van der Waals surface area contributed by atoms with E-state index >= 15 is 0 Å². The Labute approximate surface area is 325 Å². The van der Waals surface area contributed by atoms with Gasteiger partial charge in [0.15, 0.2) is 15.6 Å². The van der Waals surface area contributed by atoms with E-state index in [0.29, 0.717) is 12.0 Å². The number of nitrogens with one attached hydrogen (secondary N) is 3. The summed E-state index contributed by atoms with van der Waals surface area (Å²) in [6.07, 6.45) is -1.49. The summed E-state index contributed by atoms with van der Waals surface area (Å²) in [4.78, 5) is 22.0. The van der Waals surface area contributed by atoms with E-state index in [0.717, 1.165) is 12.1 Å². The highest BCUT2D eigenvalue weighted by atomic mass is 32.3. The molecule has 8 N–H and O–H groups in total. The molecule has 0 saturated heterocycles. The molecule has 24 nitrogen and oxygen atoms in total. The number of aromatic carboxylic acids is 1. The number of carbonyl (C=O) groups is 1. The number of carboxylic acids is 1. The molecule has 4 rings (SSSR count). The van der Waals surface area contributed by atoms with Crippen LogP contribution in [0.5, 0.6) is 5.75 Å². The number of carboxylic acid groups (broad SMARTS) is 1. The van der Waals surface area contributed by atoms with Crippen LogP contribution in [0.2, 0.25) is 0 Å². The number of azo groups is 1. The van der Waals surface area contributed by atoms with Crippen LogP contribution in [0, 0.1) is 6.08 Å². The van der Waals surface area contributed by atoms with Crippen molar-refractivity contribution in [2.45, 2.75) is 16.2 Å². The monoisotopic (exact) mass is 877 g/mol. The molecule has 0 aliphatic heterocycles. The van der Waals surface area contributed by atoms with Gasteiger partial charge in [0.1, 0.15) is 5.69 Å². The topological polar surface area (TPSA) is 360 Å². The lowest BCUT2D eigenvalue weighted by molar-refractivity contribution is -0.432. The maximum atomic E-state index is 14.4. The number of anilines is 4. The summed E-state index contributed by atoms with van der Waals surface area (Å²) in [6.45, 7) is -0.981. The summed E-state index contributed by atoms with van der Waals surface area (Å²) in [7, 11) is -13.7. The van der Waals surface area contributed by atoms with E-state index in [9.17, 15) is 49.2 Å². The van der Waals surface area contributed by atoms with Gasteiger partial charge >= 0.3 is 22.4 Å². The van der Waals surface area contributed by atoms with Gasteiger partial charge in [-0.25, -0.2) is 22.7 Å². The third-order valence-electron chi connectivity index (χ3n) is 6.71. The highest BCUT2D eigenvalue weighted by molar-refractivity contribution is 7.94. The number of hydrogen-bond acceptors (Lipinski definition) is 21. The predicted octanol–water partition coefficient (Wildman–Crippen LogP) is 3.43. The number of hydrogen-bond donors (Lipinski definition) is 8. The Hall–Kier alpha value is -5.50. The summed E-state index contributed by atoms with van der Waals surface area (Å²) in [5, 5.41) is 49.6. The minimum atomic E-state index is -5.00. The number of phenolic OH excluding ortho intramolecular Hbond substituents is 1. The number of sulfone groups is 1.